The van der Waals surface area contributed by atoms with Gasteiger partial charge in [-0.15, -0.1) is 0 Å². The number of aliphatic hydroxyl groups is 1. The first-order chi connectivity index (χ1) is 7.65. The molecule has 0 spiro atoms. The van der Waals surface area contributed by atoms with Crippen molar-refractivity contribution in [2.45, 2.75) is 39.0 Å². The third-order valence-corrected chi connectivity index (χ3v) is 4.13. The lowest BCUT2D eigenvalue weighted by Crippen LogP contribution is -2.24. The van der Waals surface area contributed by atoms with Crippen molar-refractivity contribution < 1.29 is 5.11 Å². The standard InChI is InChI=1S/C14H19ClO/c1-11-4-5-12(13(15)8-11)9-14(10-16)6-2-3-7-14/h4-5,8,16H,2-3,6-7,9-10H2,1H3. The van der Waals surface area contributed by atoms with Gasteiger partial charge in [-0.05, 0) is 48.8 Å². The summed E-state index contributed by atoms with van der Waals surface area (Å²) in [6, 6.07) is 6.21. The molecule has 0 aliphatic heterocycles. The minimum atomic E-state index is 0.0961. The fraction of sp³-hybridized carbons (Fsp3) is 0.571. The highest BCUT2D eigenvalue weighted by Crippen LogP contribution is 2.41. The summed E-state index contributed by atoms with van der Waals surface area (Å²) in [7, 11) is 0. The molecule has 0 atom stereocenters. The number of aryl methyl sites for hydroxylation is 1. The maximum atomic E-state index is 9.58. The molecule has 0 radical (unpaired) electrons. The molecule has 1 aromatic rings. The molecule has 1 fully saturated rings. The van der Waals surface area contributed by atoms with E-state index in [1.807, 2.05) is 13.0 Å². The molecule has 16 heavy (non-hydrogen) atoms. The number of hydrogen-bond donors (Lipinski definition) is 1. The smallest absolute Gasteiger partial charge is 0.0490 e. The SMILES string of the molecule is Cc1ccc(CC2(CO)CCCC2)c(Cl)c1. The first kappa shape index (κ1) is 11.9. The van der Waals surface area contributed by atoms with Crippen LogP contribution in [0.25, 0.3) is 0 Å². The zero-order chi connectivity index (χ0) is 11.6. The Morgan fingerprint density at radius 3 is 2.56 bits per heavy atom. The predicted molar refractivity (Wildman–Crippen MR) is 67.9 cm³/mol. The van der Waals surface area contributed by atoms with Gasteiger partial charge in [0.1, 0.15) is 0 Å². The van der Waals surface area contributed by atoms with Crippen LogP contribution in [0.4, 0.5) is 0 Å². The quantitative estimate of drug-likeness (QED) is 0.851. The van der Waals surface area contributed by atoms with Gasteiger partial charge in [-0.1, -0.05) is 36.6 Å². The fourth-order valence-electron chi connectivity index (χ4n) is 2.72. The molecule has 0 bridgehead atoms. The second-order valence-corrected chi connectivity index (χ2v) is 5.54. The van der Waals surface area contributed by atoms with E-state index in [4.69, 9.17) is 11.6 Å². The lowest BCUT2D eigenvalue weighted by atomic mass is 9.81. The van der Waals surface area contributed by atoms with E-state index in [2.05, 4.69) is 12.1 Å². The van der Waals surface area contributed by atoms with E-state index in [9.17, 15) is 5.11 Å². The average molecular weight is 239 g/mol. The zero-order valence-electron chi connectivity index (χ0n) is 9.80. The van der Waals surface area contributed by atoms with Crippen LogP contribution in [0, 0.1) is 12.3 Å². The van der Waals surface area contributed by atoms with Crippen molar-refractivity contribution in [1.29, 1.82) is 0 Å². The summed E-state index contributed by atoms with van der Waals surface area (Å²) in [6.45, 7) is 2.34. The first-order valence-electron chi connectivity index (χ1n) is 6.01. The molecule has 1 nitrogen and oxygen atoms in total. The number of halogens is 1. The van der Waals surface area contributed by atoms with Gasteiger partial charge < -0.3 is 5.11 Å². The Balaban J connectivity index is 2.19. The molecular weight excluding hydrogens is 220 g/mol. The largest absolute Gasteiger partial charge is 0.396 e. The van der Waals surface area contributed by atoms with Crippen molar-refractivity contribution in [3.8, 4) is 0 Å². The summed E-state index contributed by atoms with van der Waals surface area (Å²) < 4.78 is 0. The van der Waals surface area contributed by atoms with Crippen molar-refractivity contribution in [3.05, 3.63) is 34.3 Å². The van der Waals surface area contributed by atoms with E-state index in [1.165, 1.54) is 24.0 Å². The molecule has 1 aromatic carbocycles. The second kappa shape index (κ2) is 4.77. The van der Waals surface area contributed by atoms with Crippen LogP contribution in [0.2, 0.25) is 5.02 Å². The Labute approximate surface area is 102 Å². The molecule has 0 unspecified atom stereocenters. The van der Waals surface area contributed by atoms with Crippen molar-refractivity contribution >= 4 is 11.6 Å². The predicted octanol–water partition coefficient (Wildman–Crippen LogP) is 3.74. The molecule has 0 saturated heterocycles. The van der Waals surface area contributed by atoms with Crippen LogP contribution in [0.5, 0.6) is 0 Å². The molecule has 88 valence electrons. The monoisotopic (exact) mass is 238 g/mol. The lowest BCUT2D eigenvalue weighted by Gasteiger charge is -2.27. The van der Waals surface area contributed by atoms with Crippen LogP contribution in [-0.2, 0) is 6.42 Å². The van der Waals surface area contributed by atoms with Crippen molar-refractivity contribution in [2.75, 3.05) is 6.61 Å². The number of hydrogen-bond acceptors (Lipinski definition) is 1. The summed E-state index contributed by atoms with van der Waals surface area (Å²) in [4.78, 5) is 0. The number of rotatable bonds is 3. The highest BCUT2D eigenvalue weighted by atomic mass is 35.5. The Hall–Kier alpha value is -0.530. The number of aliphatic hydroxyl groups excluding tert-OH is 1. The number of benzene rings is 1. The van der Waals surface area contributed by atoms with Crippen LogP contribution in [0.1, 0.15) is 36.8 Å². The van der Waals surface area contributed by atoms with E-state index in [0.717, 1.165) is 24.3 Å². The van der Waals surface area contributed by atoms with Gasteiger partial charge >= 0.3 is 0 Å². The molecule has 0 heterocycles. The summed E-state index contributed by atoms with van der Waals surface area (Å²) in [5, 5.41) is 10.4. The average Bonchev–Trinajstić information content (AvgIpc) is 2.72. The topological polar surface area (TPSA) is 20.2 Å². The molecule has 1 aliphatic carbocycles. The zero-order valence-corrected chi connectivity index (χ0v) is 10.6. The maximum Gasteiger partial charge on any atom is 0.0490 e. The van der Waals surface area contributed by atoms with E-state index in [1.54, 1.807) is 0 Å². The molecule has 1 N–H and O–H groups in total. The lowest BCUT2D eigenvalue weighted by molar-refractivity contribution is 0.130. The van der Waals surface area contributed by atoms with E-state index < -0.39 is 0 Å². The van der Waals surface area contributed by atoms with Gasteiger partial charge in [0.15, 0.2) is 0 Å². The van der Waals surface area contributed by atoms with Gasteiger partial charge in [-0.3, -0.25) is 0 Å². The van der Waals surface area contributed by atoms with Crippen LogP contribution in [-0.4, -0.2) is 11.7 Å². The van der Waals surface area contributed by atoms with E-state index >= 15 is 0 Å². The molecule has 2 heteroatoms. The highest BCUT2D eigenvalue weighted by Gasteiger charge is 2.33. The second-order valence-electron chi connectivity index (χ2n) is 5.14. The van der Waals surface area contributed by atoms with Crippen molar-refractivity contribution in [1.82, 2.24) is 0 Å². The highest BCUT2D eigenvalue weighted by molar-refractivity contribution is 6.31. The third-order valence-electron chi connectivity index (χ3n) is 3.77. The Kier molecular flexibility index (Phi) is 3.56. The fourth-order valence-corrected chi connectivity index (χ4v) is 3.02. The van der Waals surface area contributed by atoms with Gasteiger partial charge in [-0.25, -0.2) is 0 Å². The van der Waals surface area contributed by atoms with Crippen LogP contribution in [0.3, 0.4) is 0 Å². The summed E-state index contributed by atoms with van der Waals surface area (Å²) in [5.41, 5.74) is 2.47. The van der Waals surface area contributed by atoms with Gasteiger partial charge in [-0.2, -0.15) is 0 Å². The molecular formula is C14H19ClO. The summed E-state index contributed by atoms with van der Waals surface area (Å²) in [5.74, 6) is 0. The molecule has 0 aromatic heterocycles. The minimum Gasteiger partial charge on any atom is -0.396 e. The van der Waals surface area contributed by atoms with Gasteiger partial charge in [0.05, 0.1) is 0 Å². The van der Waals surface area contributed by atoms with Crippen molar-refractivity contribution in [2.24, 2.45) is 5.41 Å². The summed E-state index contributed by atoms with van der Waals surface area (Å²) in [6.07, 6.45) is 5.66. The Morgan fingerprint density at radius 1 is 1.31 bits per heavy atom. The van der Waals surface area contributed by atoms with Crippen LogP contribution < -0.4 is 0 Å². The molecule has 2 rings (SSSR count). The minimum absolute atomic E-state index is 0.0961. The first-order valence-corrected chi connectivity index (χ1v) is 6.39. The van der Waals surface area contributed by atoms with Gasteiger partial charge in [0.2, 0.25) is 0 Å². The van der Waals surface area contributed by atoms with Crippen molar-refractivity contribution in [3.63, 3.8) is 0 Å². The Morgan fingerprint density at radius 2 is 2.00 bits per heavy atom. The van der Waals surface area contributed by atoms with E-state index in [-0.39, 0.29) is 12.0 Å². The molecule has 0 amide bonds. The van der Waals surface area contributed by atoms with Crippen LogP contribution in [0.15, 0.2) is 18.2 Å². The third kappa shape index (κ3) is 2.41. The molecule has 1 aliphatic rings. The maximum absolute atomic E-state index is 9.58. The van der Waals surface area contributed by atoms with Gasteiger partial charge in [0, 0.05) is 11.6 Å². The van der Waals surface area contributed by atoms with E-state index in [0.29, 0.717) is 0 Å². The van der Waals surface area contributed by atoms with Gasteiger partial charge in [0.25, 0.3) is 0 Å². The normalized spacial score (nSPS) is 18.9. The summed E-state index contributed by atoms with van der Waals surface area (Å²) >= 11 is 6.25. The Bertz CT molecular complexity index is 367. The van der Waals surface area contributed by atoms with Crippen LogP contribution >= 0.6 is 11.6 Å². The molecule has 1 saturated carbocycles.